The molecule has 8 heteroatoms. The van der Waals surface area contributed by atoms with Crippen molar-refractivity contribution in [3.05, 3.63) is 41.6 Å². The third kappa shape index (κ3) is 3.50. The van der Waals surface area contributed by atoms with E-state index in [0.717, 1.165) is 0 Å². The summed E-state index contributed by atoms with van der Waals surface area (Å²) in [6.45, 7) is 0.443. The van der Waals surface area contributed by atoms with E-state index < -0.39 is 10.0 Å². The fourth-order valence-corrected chi connectivity index (χ4v) is 2.76. The molecule has 0 unspecified atom stereocenters. The average molecular weight is 316 g/mol. The second-order valence-electron chi connectivity index (χ2n) is 4.05. The standard InChI is InChI=1S/C12H14ClN3O3S/c1-16(20(17,18)12-5-6-14-15-12)7-8-19-11-4-2-3-10(13)9-11/h2-6,9H,7-8H2,1H3,(H,14,15). The molecule has 0 saturated heterocycles. The molecule has 2 aromatic rings. The maximum atomic E-state index is 12.1. The second-order valence-corrected chi connectivity index (χ2v) is 6.50. The fourth-order valence-electron chi connectivity index (χ4n) is 1.52. The molecule has 20 heavy (non-hydrogen) atoms. The van der Waals surface area contributed by atoms with Gasteiger partial charge in [-0.25, -0.2) is 8.42 Å². The van der Waals surface area contributed by atoms with E-state index in [1.54, 1.807) is 24.3 Å². The van der Waals surface area contributed by atoms with Gasteiger partial charge in [0.1, 0.15) is 12.4 Å². The Kier molecular flexibility index (Phi) is 4.64. The minimum Gasteiger partial charge on any atom is -0.492 e. The summed E-state index contributed by atoms with van der Waals surface area (Å²) in [5, 5.41) is 6.70. The third-order valence-electron chi connectivity index (χ3n) is 2.63. The maximum Gasteiger partial charge on any atom is 0.259 e. The molecule has 0 fully saturated rings. The van der Waals surface area contributed by atoms with Gasteiger partial charge in [0.25, 0.3) is 10.0 Å². The number of hydrogen-bond acceptors (Lipinski definition) is 4. The van der Waals surface area contributed by atoms with E-state index >= 15 is 0 Å². The molecule has 0 saturated carbocycles. The van der Waals surface area contributed by atoms with Crippen LogP contribution >= 0.6 is 11.6 Å². The van der Waals surface area contributed by atoms with Crippen LogP contribution in [0.5, 0.6) is 5.75 Å². The Bertz CT molecular complexity index is 658. The summed E-state index contributed by atoms with van der Waals surface area (Å²) >= 11 is 5.83. The topological polar surface area (TPSA) is 75.3 Å². The van der Waals surface area contributed by atoms with Crippen molar-refractivity contribution in [2.75, 3.05) is 20.2 Å². The largest absolute Gasteiger partial charge is 0.492 e. The van der Waals surface area contributed by atoms with E-state index in [1.807, 2.05) is 0 Å². The Balaban J connectivity index is 1.91. The van der Waals surface area contributed by atoms with Gasteiger partial charge in [0.2, 0.25) is 0 Å². The summed E-state index contributed by atoms with van der Waals surface area (Å²) in [5.74, 6) is 0.602. The molecule has 0 atom stereocenters. The van der Waals surface area contributed by atoms with Gasteiger partial charge in [-0.15, -0.1) is 0 Å². The van der Waals surface area contributed by atoms with Gasteiger partial charge in [-0.05, 0) is 24.3 Å². The molecule has 0 aliphatic heterocycles. The number of aromatic nitrogens is 2. The lowest BCUT2D eigenvalue weighted by Gasteiger charge is -2.16. The number of sulfonamides is 1. The fraction of sp³-hybridized carbons (Fsp3) is 0.250. The van der Waals surface area contributed by atoms with E-state index in [4.69, 9.17) is 16.3 Å². The number of benzene rings is 1. The molecular weight excluding hydrogens is 302 g/mol. The normalized spacial score (nSPS) is 11.8. The molecule has 1 aromatic heterocycles. The minimum atomic E-state index is -3.55. The Morgan fingerprint density at radius 1 is 1.40 bits per heavy atom. The number of rotatable bonds is 6. The first-order valence-corrected chi connectivity index (χ1v) is 7.66. The molecule has 1 N–H and O–H groups in total. The van der Waals surface area contributed by atoms with Gasteiger partial charge in [0, 0.05) is 18.6 Å². The van der Waals surface area contributed by atoms with E-state index in [2.05, 4.69) is 10.2 Å². The lowest BCUT2D eigenvalue weighted by molar-refractivity contribution is 0.286. The highest BCUT2D eigenvalue weighted by Crippen LogP contribution is 2.17. The van der Waals surface area contributed by atoms with Crippen molar-refractivity contribution < 1.29 is 13.2 Å². The van der Waals surface area contributed by atoms with Gasteiger partial charge in [0.05, 0.1) is 6.20 Å². The third-order valence-corrected chi connectivity index (χ3v) is 4.66. The Morgan fingerprint density at radius 3 is 2.85 bits per heavy atom. The molecule has 0 amide bonds. The number of hydrogen-bond donors (Lipinski definition) is 1. The first-order chi connectivity index (χ1) is 9.50. The Hall–Kier alpha value is -1.57. The van der Waals surface area contributed by atoms with E-state index in [-0.39, 0.29) is 18.2 Å². The summed E-state index contributed by atoms with van der Waals surface area (Å²) < 4.78 is 30.8. The Labute approximate surface area is 122 Å². The van der Waals surface area contributed by atoms with Crippen molar-refractivity contribution in [2.24, 2.45) is 0 Å². The average Bonchev–Trinajstić information content (AvgIpc) is 2.93. The molecule has 0 aliphatic carbocycles. The van der Waals surface area contributed by atoms with Crippen LogP contribution in [0.1, 0.15) is 0 Å². The molecule has 1 heterocycles. The van der Waals surface area contributed by atoms with Crippen LogP contribution in [0.25, 0.3) is 0 Å². The number of halogens is 1. The minimum absolute atomic E-state index is 0.0581. The first kappa shape index (κ1) is 14.8. The van der Waals surface area contributed by atoms with Gasteiger partial charge in [-0.1, -0.05) is 17.7 Å². The van der Waals surface area contributed by atoms with Crippen LogP contribution < -0.4 is 4.74 Å². The second kappa shape index (κ2) is 6.25. The highest BCUT2D eigenvalue weighted by atomic mass is 35.5. The van der Waals surface area contributed by atoms with Crippen molar-refractivity contribution in [2.45, 2.75) is 5.03 Å². The number of likely N-dealkylation sites (N-methyl/N-ethyl adjacent to an activating group) is 1. The van der Waals surface area contributed by atoms with Crippen LogP contribution in [0.2, 0.25) is 5.02 Å². The molecule has 0 bridgehead atoms. The van der Waals surface area contributed by atoms with Gasteiger partial charge in [-0.2, -0.15) is 9.40 Å². The highest BCUT2D eigenvalue weighted by molar-refractivity contribution is 7.89. The van der Waals surface area contributed by atoms with Crippen molar-refractivity contribution in [3.63, 3.8) is 0 Å². The SMILES string of the molecule is CN(CCOc1cccc(Cl)c1)S(=O)(=O)c1ccn[nH]1. The molecular formula is C12H14ClN3O3S. The predicted octanol–water partition coefficient (Wildman–Crippen LogP) is 1.76. The number of nitrogens with one attached hydrogen (secondary N) is 1. The summed E-state index contributed by atoms with van der Waals surface area (Å²) in [7, 11) is -2.07. The zero-order chi connectivity index (χ0) is 14.6. The van der Waals surface area contributed by atoms with Gasteiger partial charge >= 0.3 is 0 Å². The van der Waals surface area contributed by atoms with Gasteiger partial charge in [-0.3, -0.25) is 5.10 Å². The van der Waals surface area contributed by atoms with Crippen LogP contribution in [0, 0.1) is 0 Å². The van der Waals surface area contributed by atoms with Crippen LogP contribution in [0.15, 0.2) is 41.6 Å². The monoisotopic (exact) mass is 315 g/mol. The Morgan fingerprint density at radius 2 is 2.20 bits per heavy atom. The number of ether oxygens (including phenoxy) is 1. The lowest BCUT2D eigenvalue weighted by Crippen LogP contribution is -2.31. The van der Waals surface area contributed by atoms with Crippen molar-refractivity contribution >= 4 is 21.6 Å². The van der Waals surface area contributed by atoms with Crippen molar-refractivity contribution in [1.29, 1.82) is 0 Å². The molecule has 2 rings (SSSR count). The molecule has 6 nitrogen and oxygen atoms in total. The van der Waals surface area contributed by atoms with E-state index in [0.29, 0.717) is 10.8 Å². The van der Waals surface area contributed by atoms with E-state index in [1.165, 1.54) is 23.6 Å². The molecule has 0 spiro atoms. The van der Waals surface area contributed by atoms with Gasteiger partial charge < -0.3 is 4.74 Å². The summed E-state index contributed by atoms with van der Waals surface area (Å²) in [4.78, 5) is 0. The molecule has 0 radical (unpaired) electrons. The number of nitrogens with zero attached hydrogens (tertiary/aromatic N) is 2. The maximum absolute atomic E-state index is 12.1. The van der Waals surface area contributed by atoms with Gasteiger partial charge in [0.15, 0.2) is 5.03 Å². The number of aromatic amines is 1. The first-order valence-electron chi connectivity index (χ1n) is 5.84. The summed E-state index contributed by atoms with van der Waals surface area (Å²) in [5.41, 5.74) is 0. The van der Waals surface area contributed by atoms with Crippen LogP contribution in [-0.4, -0.2) is 43.1 Å². The molecule has 0 aliphatic rings. The quantitative estimate of drug-likeness (QED) is 0.881. The molecule has 1 aromatic carbocycles. The van der Waals surface area contributed by atoms with Crippen LogP contribution in [-0.2, 0) is 10.0 Å². The zero-order valence-electron chi connectivity index (χ0n) is 10.8. The highest BCUT2D eigenvalue weighted by Gasteiger charge is 2.21. The van der Waals surface area contributed by atoms with Crippen molar-refractivity contribution in [3.8, 4) is 5.75 Å². The predicted molar refractivity (Wildman–Crippen MR) is 75.4 cm³/mol. The summed E-state index contributed by atoms with van der Waals surface area (Å²) in [6.07, 6.45) is 1.39. The van der Waals surface area contributed by atoms with Crippen LogP contribution in [0.4, 0.5) is 0 Å². The van der Waals surface area contributed by atoms with Crippen LogP contribution in [0.3, 0.4) is 0 Å². The van der Waals surface area contributed by atoms with Crippen molar-refractivity contribution in [1.82, 2.24) is 14.5 Å². The molecule has 108 valence electrons. The van der Waals surface area contributed by atoms with E-state index in [9.17, 15) is 8.42 Å². The summed E-state index contributed by atoms with van der Waals surface area (Å²) in [6, 6.07) is 8.34. The lowest BCUT2D eigenvalue weighted by atomic mass is 10.3. The smallest absolute Gasteiger partial charge is 0.259 e. The zero-order valence-corrected chi connectivity index (χ0v) is 12.4. The number of H-pyrrole nitrogens is 1.